The van der Waals surface area contributed by atoms with Crippen molar-refractivity contribution in [1.82, 2.24) is 0 Å². The molecule has 0 saturated carbocycles. The van der Waals surface area contributed by atoms with E-state index in [0.717, 1.165) is 35.5 Å². The second-order valence-corrected chi connectivity index (χ2v) is 8.74. The van der Waals surface area contributed by atoms with Crippen LogP contribution < -0.4 is 4.90 Å². The summed E-state index contributed by atoms with van der Waals surface area (Å²) in [5.41, 5.74) is 6.89. The first-order valence-electron chi connectivity index (χ1n) is 11.0. The molecular weight excluding hydrogens is 409 g/mol. The highest BCUT2D eigenvalue weighted by Crippen LogP contribution is 2.42. The maximum Gasteiger partial charge on any atom is 0.0832 e. The summed E-state index contributed by atoms with van der Waals surface area (Å²) < 4.78 is 0. The summed E-state index contributed by atoms with van der Waals surface area (Å²) in [4.78, 5) is 2.20. The van der Waals surface area contributed by atoms with Gasteiger partial charge in [-0.15, -0.1) is 0 Å². The van der Waals surface area contributed by atoms with Crippen molar-refractivity contribution in [2.24, 2.45) is 0 Å². The minimum absolute atomic E-state index is 0.576. The molecule has 0 aliphatic heterocycles. The molecule has 0 unspecified atom stereocenters. The van der Waals surface area contributed by atoms with Crippen LogP contribution in [0.1, 0.15) is 56.2 Å². The number of nitrogens with zero attached hydrogens (tertiary/aromatic N) is 1. The molecule has 0 spiro atoms. The maximum absolute atomic E-state index is 6.69. The number of halogens is 2. The Bertz CT molecular complexity index is 894. The summed E-state index contributed by atoms with van der Waals surface area (Å²) in [6.07, 6.45) is 7.05. The standard InChI is InChI=1S/C27H31Cl2N/c1-4-6-8-21-10-14-23(15-11-21)30(26-19-20(3)18-25(28)27(26)29)24-16-12-22(13-17-24)9-7-5-2/h10-19H,4-9H2,1-3H3. The Morgan fingerprint density at radius 1 is 0.700 bits per heavy atom. The molecule has 0 amide bonds. The predicted molar refractivity (Wildman–Crippen MR) is 133 cm³/mol. The Morgan fingerprint density at radius 3 is 1.60 bits per heavy atom. The lowest BCUT2D eigenvalue weighted by molar-refractivity contribution is 0.795. The van der Waals surface area contributed by atoms with Crippen molar-refractivity contribution in [3.05, 3.63) is 87.4 Å². The quantitative estimate of drug-likeness (QED) is 0.320. The molecule has 3 aromatic carbocycles. The van der Waals surface area contributed by atoms with Gasteiger partial charge < -0.3 is 4.90 Å². The Hall–Kier alpha value is -1.96. The molecule has 3 heteroatoms. The zero-order valence-electron chi connectivity index (χ0n) is 18.2. The fourth-order valence-corrected chi connectivity index (χ4v) is 4.14. The van der Waals surface area contributed by atoms with Crippen LogP contribution in [0.25, 0.3) is 0 Å². The molecule has 0 saturated heterocycles. The monoisotopic (exact) mass is 439 g/mol. The van der Waals surface area contributed by atoms with Gasteiger partial charge in [-0.05, 0) is 85.7 Å². The minimum Gasteiger partial charge on any atom is -0.309 e. The fraction of sp³-hybridized carbons (Fsp3) is 0.333. The van der Waals surface area contributed by atoms with Gasteiger partial charge in [0, 0.05) is 11.4 Å². The van der Waals surface area contributed by atoms with Crippen LogP contribution in [0, 0.1) is 6.92 Å². The molecular formula is C27H31Cl2N. The van der Waals surface area contributed by atoms with Crippen molar-refractivity contribution in [2.45, 2.75) is 59.3 Å². The van der Waals surface area contributed by atoms with E-state index in [2.05, 4.69) is 73.3 Å². The minimum atomic E-state index is 0.576. The number of hydrogen-bond acceptors (Lipinski definition) is 1. The Morgan fingerprint density at radius 2 is 1.17 bits per heavy atom. The van der Waals surface area contributed by atoms with E-state index in [9.17, 15) is 0 Å². The van der Waals surface area contributed by atoms with Crippen LogP contribution >= 0.6 is 23.2 Å². The zero-order valence-corrected chi connectivity index (χ0v) is 19.7. The van der Waals surface area contributed by atoms with Crippen molar-refractivity contribution < 1.29 is 0 Å². The molecule has 0 bridgehead atoms. The molecule has 0 radical (unpaired) electrons. The van der Waals surface area contributed by atoms with E-state index in [1.165, 1.54) is 36.8 Å². The topological polar surface area (TPSA) is 3.24 Å². The normalized spacial score (nSPS) is 11.0. The van der Waals surface area contributed by atoms with Crippen molar-refractivity contribution >= 4 is 40.3 Å². The van der Waals surface area contributed by atoms with Gasteiger partial charge in [-0.25, -0.2) is 0 Å². The summed E-state index contributed by atoms with van der Waals surface area (Å²) in [6.45, 7) is 6.50. The van der Waals surface area contributed by atoms with Crippen LogP contribution in [0.3, 0.4) is 0 Å². The molecule has 0 aromatic heterocycles. The highest BCUT2D eigenvalue weighted by molar-refractivity contribution is 6.44. The van der Waals surface area contributed by atoms with Gasteiger partial charge in [-0.3, -0.25) is 0 Å². The number of unbranched alkanes of at least 4 members (excludes halogenated alkanes) is 2. The van der Waals surface area contributed by atoms with Crippen molar-refractivity contribution in [2.75, 3.05) is 4.90 Å². The second-order valence-electron chi connectivity index (χ2n) is 7.96. The number of anilines is 3. The molecule has 3 aromatic rings. The molecule has 0 N–H and O–H groups in total. The van der Waals surface area contributed by atoms with E-state index >= 15 is 0 Å². The molecule has 0 aliphatic carbocycles. The van der Waals surface area contributed by atoms with Crippen LogP contribution in [0.4, 0.5) is 17.1 Å². The van der Waals surface area contributed by atoms with Gasteiger partial charge in [0.1, 0.15) is 0 Å². The van der Waals surface area contributed by atoms with Gasteiger partial charge in [0.2, 0.25) is 0 Å². The van der Waals surface area contributed by atoms with Crippen molar-refractivity contribution in [1.29, 1.82) is 0 Å². The first-order chi connectivity index (χ1) is 14.5. The third-order valence-electron chi connectivity index (χ3n) is 5.42. The van der Waals surface area contributed by atoms with Gasteiger partial charge in [-0.2, -0.15) is 0 Å². The van der Waals surface area contributed by atoms with E-state index in [-0.39, 0.29) is 0 Å². The molecule has 1 nitrogen and oxygen atoms in total. The van der Waals surface area contributed by atoms with Gasteiger partial charge >= 0.3 is 0 Å². The number of rotatable bonds is 9. The van der Waals surface area contributed by atoms with E-state index < -0.39 is 0 Å². The fourth-order valence-electron chi connectivity index (χ4n) is 3.68. The Balaban J connectivity index is 2.03. The second kappa shape index (κ2) is 10.9. The Kier molecular flexibility index (Phi) is 8.24. The highest BCUT2D eigenvalue weighted by Gasteiger charge is 2.18. The van der Waals surface area contributed by atoms with Crippen molar-refractivity contribution in [3.8, 4) is 0 Å². The Labute approximate surface area is 191 Å². The summed E-state index contributed by atoms with van der Waals surface area (Å²) >= 11 is 13.1. The summed E-state index contributed by atoms with van der Waals surface area (Å²) in [5.74, 6) is 0. The average Bonchev–Trinajstić information content (AvgIpc) is 2.76. The van der Waals surface area contributed by atoms with E-state index in [1.807, 2.05) is 13.0 Å². The molecule has 3 rings (SSSR count). The lowest BCUT2D eigenvalue weighted by Crippen LogP contribution is -2.11. The molecule has 158 valence electrons. The molecule has 30 heavy (non-hydrogen) atoms. The number of benzene rings is 3. The van der Waals surface area contributed by atoms with Gasteiger partial charge in [0.25, 0.3) is 0 Å². The number of aryl methyl sites for hydroxylation is 3. The summed E-state index contributed by atoms with van der Waals surface area (Å²) in [7, 11) is 0. The first kappa shape index (κ1) is 22.7. The predicted octanol–water partition coefficient (Wildman–Crippen LogP) is 9.46. The SMILES string of the molecule is CCCCc1ccc(N(c2ccc(CCCC)cc2)c2cc(C)cc(Cl)c2Cl)cc1. The van der Waals surface area contributed by atoms with Crippen LogP contribution in [0.2, 0.25) is 10.0 Å². The van der Waals surface area contributed by atoms with E-state index in [0.29, 0.717) is 10.0 Å². The highest BCUT2D eigenvalue weighted by atomic mass is 35.5. The van der Waals surface area contributed by atoms with E-state index in [1.54, 1.807) is 0 Å². The van der Waals surface area contributed by atoms with Crippen LogP contribution in [-0.2, 0) is 12.8 Å². The lowest BCUT2D eigenvalue weighted by atomic mass is 10.1. The molecule has 0 aliphatic rings. The molecule has 0 fully saturated rings. The summed E-state index contributed by atoms with van der Waals surface area (Å²) in [5, 5.41) is 1.16. The molecule has 0 atom stereocenters. The zero-order chi connectivity index (χ0) is 21.5. The average molecular weight is 440 g/mol. The number of hydrogen-bond donors (Lipinski definition) is 0. The maximum atomic E-state index is 6.69. The van der Waals surface area contributed by atoms with Crippen LogP contribution in [0.5, 0.6) is 0 Å². The third kappa shape index (κ3) is 5.59. The van der Waals surface area contributed by atoms with Gasteiger partial charge in [0.15, 0.2) is 0 Å². The third-order valence-corrected chi connectivity index (χ3v) is 6.21. The van der Waals surface area contributed by atoms with Crippen LogP contribution in [-0.4, -0.2) is 0 Å². The summed E-state index contributed by atoms with van der Waals surface area (Å²) in [6, 6.07) is 21.6. The molecule has 0 heterocycles. The van der Waals surface area contributed by atoms with Crippen LogP contribution in [0.15, 0.2) is 60.7 Å². The van der Waals surface area contributed by atoms with Crippen molar-refractivity contribution in [3.63, 3.8) is 0 Å². The largest absolute Gasteiger partial charge is 0.309 e. The lowest BCUT2D eigenvalue weighted by Gasteiger charge is -2.27. The smallest absolute Gasteiger partial charge is 0.0832 e. The van der Waals surface area contributed by atoms with Gasteiger partial charge in [0.05, 0.1) is 15.7 Å². The first-order valence-corrected chi connectivity index (χ1v) is 11.7. The van der Waals surface area contributed by atoms with E-state index in [4.69, 9.17) is 23.2 Å². The van der Waals surface area contributed by atoms with Gasteiger partial charge in [-0.1, -0.05) is 74.2 Å².